The Morgan fingerprint density at radius 2 is 2.06 bits per heavy atom. The van der Waals surface area contributed by atoms with Gasteiger partial charge in [0.25, 0.3) is 0 Å². The normalized spacial score (nSPS) is 34.1. The summed E-state index contributed by atoms with van der Waals surface area (Å²) in [5.41, 5.74) is 1.28. The Morgan fingerprint density at radius 1 is 1.22 bits per heavy atom. The van der Waals surface area contributed by atoms with Crippen molar-refractivity contribution >= 4 is 0 Å². The van der Waals surface area contributed by atoms with E-state index in [9.17, 15) is 5.11 Å². The predicted molar refractivity (Wildman–Crippen MR) is 71.1 cm³/mol. The highest BCUT2D eigenvalue weighted by Gasteiger charge is 2.50. The Balaban J connectivity index is 1.56. The molecule has 2 bridgehead atoms. The SMILES string of the molecule is OCC1(COCc2ccccc2)CC2CCC1C2. The lowest BCUT2D eigenvalue weighted by Crippen LogP contribution is -2.36. The molecular formula is C16H22O2. The molecule has 0 spiro atoms. The second kappa shape index (κ2) is 5.02. The number of rotatable bonds is 5. The third-order valence-electron chi connectivity index (χ3n) is 4.92. The maximum atomic E-state index is 9.76. The Labute approximate surface area is 109 Å². The highest BCUT2D eigenvalue weighted by molar-refractivity contribution is 5.13. The Bertz CT molecular complexity index is 389. The smallest absolute Gasteiger partial charge is 0.0717 e. The molecule has 0 aromatic heterocycles. The van der Waals surface area contributed by atoms with Gasteiger partial charge in [0.2, 0.25) is 0 Å². The average molecular weight is 246 g/mol. The molecule has 98 valence electrons. The number of ether oxygens (including phenoxy) is 1. The first-order valence-corrected chi connectivity index (χ1v) is 7.05. The molecule has 2 heteroatoms. The predicted octanol–water partition coefficient (Wildman–Crippen LogP) is 3.00. The van der Waals surface area contributed by atoms with Crippen molar-refractivity contribution in [2.45, 2.75) is 32.3 Å². The number of aliphatic hydroxyl groups is 1. The van der Waals surface area contributed by atoms with Crippen molar-refractivity contribution in [3.05, 3.63) is 35.9 Å². The van der Waals surface area contributed by atoms with Gasteiger partial charge in [-0.25, -0.2) is 0 Å². The van der Waals surface area contributed by atoms with E-state index in [4.69, 9.17) is 4.74 Å². The van der Waals surface area contributed by atoms with Crippen LogP contribution in [0, 0.1) is 17.3 Å². The molecule has 1 aromatic rings. The molecule has 0 amide bonds. The van der Waals surface area contributed by atoms with Gasteiger partial charge in [0, 0.05) is 5.41 Å². The standard InChI is InChI=1S/C16H22O2/c17-11-16(9-14-6-7-15(16)8-14)12-18-10-13-4-2-1-3-5-13/h1-5,14-15,17H,6-12H2. The molecule has 0 saturated heterocycles. The van der Waals surface area contributed by atoms with E-state index in [0.29, 0.717) is 19.1 Å². The zero-order valence-corrected chi connectivity index (χ0v) is 10.8. The summed E-state index contributed by atoms with van der Waals surface area (Å²) in [5, 5.41) is 9.76. The number of fused-ring (bicyclic) bond motifs is 2. The number of benzene rings is 1. The maximum Gasteiger partial charge on any atom is 0.0717 e. The first-order chi connectivity index (χ1) is 8.82. The van der Waals surface area contributed by atoms with E-state index in [2.05, 4.69) is 12.1 Å². The Kier molecular flexibility index (Phi) is 3.40. The van der Waals surface area contributed by atoms with Gasteiger partial charge in [-0.15, -0.1) is 0 Å². The van der Waals surface area contributed by atoms with Crippen molar-refractivity contribution < 1.29 is 9.84 Å². The van der Waals surface area contributed by atoms with Crippen molar-refractivity contribution in [2.24, 2.45) is 17.3 Å². The summed E-state index contributed by atoms with van der Waals surface area (Å²) >= 11 is 0. The molecule has 2 aliphatic rings. The molecule has 1 N–H and O–H groups in total. The Hall–Kier alpha value is -0.860. The summed E-state index contributed by atoms with van der Waals surface area (Å²) in [5.74, 6) is 1.55. The van der Waals surface area contributed by atoms with Crippen LogP contribution in [0.2, 0.25) is 0 Å². The van der Waals surface area contributed by atoms with Gasteiger partial charge in [-0.05, 0) is 36.7 Å². The molecule has 3 atom stereocenters. The lowest BCUT2D eigenvalue weighted by molar-refractivity contribution is -0.0339. The lowest BCUT2D eigenvalue weighted by atomic mass is 9.74. The molecule has 2 saturated carbocycles. The summed E-state index contributed by atoms with van der Waals surface area (Å²) in [6.07, 6.45) is 5.14. The van der Waals surface area contributed by atoms with Crippen LogP contribution in [-0.4, -0.2) is 18.3 Å². The van der Waals surface area contributed by atoms with E-state index in [1.165, 1.54) is 31.2 Å². The lowest BCUT2D eigenvalue weighted by Gasteiger charge is -2.35. The summed E-state index contributed by atoms with van der Waals surface area (Å²) in [6, 6.07) is 10.3. The first-order valence-electron chi connectivity index (χ1n) is 7.05. The zero-order valence-electron chi connectivity index (χ0n) is 10.8. The third-order valence-corrected chi connectivity index (χ3v) is 4.92. The molecule has 18 heavy (non-hydrogen) atoms. The molecule has 2 fully saturated rings. The van der Waals surface area contributed by atoms with Crippen molar-refractivity contribution in [1.29, 1.82) is 0 Å². The molecule has 0 aliphatic heterocycles. The molecule has 3 rings (SSSR count). The van der Waals surface area contributed by atoms with Crippen LogP contribution in [0.3, 0.4) is 0 Å². The van der Waals surface area contributed by atoms with Crippen molar-refractivity contribution in [1.82, 2.24) is 0 Å². The fraction of sp³-hybridized carbons (Fsp3) is 0.625. The van der Waals surface area contributed by atoms with Crippen LogP contribution in [-0.2, 0) is 11.3 Å². The van der Waals surface area contributed by atoms with Crippen LogP contribution < -0.4 is 0 Å². The van der Waals surface area contributed by atoms with Gasteiger partial charge in [-0.3, -0.25) is 0 Å². The van der Waals surface area contributed by atoms with E-state index in [-0.39, 0.29) is 5.41 Å². The third kappa shape index (κ3) is 2.19. The number of hydrogen-bond acceptors (Lipinski definition) is 2. The van der Waals surface area contributed by atoms with E-state index in [1.54, 1.807) is 0 Å². The fourth-order valence-electron chi connectivity index (χ4n) is 3.92. The quantitative estimate of drug-likeness (QED) is 0.865. The van der Waals surface area contributed by atoms with E-state index in [1.807, 2.05) is 18.2 Å². The fourth-order valence-corrected chi connectivity index (χ4v) is 3.92. The molecular weight excluding hydrogens is 224 g/mol. The van der Waals surface area contributed by atoms with E-state index < -0.39 is 0 Å². The minimum Gasteiger partial charge on any atom is -0.396 e. The molecule has 0 heterocycles. The van der Waals surface area contributed by atoms with Gasteiger partial charge in [0.1, 0.15) is 0 Å². The highest BCUT2D eigenvalue weighted by Crippen LogP contribution is 2.55. The molecule has 2 nitrogen and oxygen atoms in total. The van der Waals surface area contributed by atoms with Gasteiger partial charge in [-0.1, -0.05) is 36.8 Å². The van der Waals surface area contributed by atoms with Crippen molar-refractivity contribution in [3.8, 4) is 0 Å². The van der Waals surface area contributed by atoms with Gasteiger partial charge >= 0.3 is 0 Å². The molecule has 2 aliphatic carbocycles. The second-order valence-electron chi connectivity index (χ2n) is 6.08. The van der Waals surface area contributed by atoms with Gasteiger partial charge in [0.05, 0.1) is 19.8 Å². The van der Waals surface area contributed by atoms with E-state index in [0.717, 1.165) is 12.5 Å². The highest BCUT2D eigenvalue weighted by atomic mass is 16.5. The van der Waals surface area contributed by atoms with Crippen molar-refractivity contribution in [2.75, 3.05) is 13.2 Å². The van der Waals surface area contributed by atoms with Gasteiger partial charge in [-0.2, -0.15) is 0 Å². The van der Waals surface area contributed by atoms with Gasteiger partial charge < -0.3 is 9.84 Å². The largest absolute Gasteiger partial charge is 0.396 e. The second-order valence-corrected chi connectivity index (χ2v) is 6.08. The number of aliphatic hydroxyl groups excluding tert-OH is 1. The molecule has 1 aromatic carbocycles. The maximum absolute atomic E-state index is 9.76. The first kappa shape index (κ1) is 12.2. The summed E-state index contributed by atoms with van der Waals surface area (Å²) in [7, 11) is 0. The van der Waals surface area contributed by atoms with Crippen LogP contribution in [0.5, 0.6) is 0 Å². The zero-order chi connectivity index (χ0) is 12.4. The topological polar surface area (TPSA) is 29.5 Å². The van der Waals surface area contributed by atoms with Crippen LogP contribution in [0.25, 0.3) is 0 Å². The molecule has 3 unspecified atom stereocenters. The summed E-state index contributed by atoms with van der Waals surface area (Å²) < 4.78 is 5.89. The minimum atomic E-state index is 0.0672. The molecule has 0 radical (unpaired) electrons. The van der Waals surface area contributed by atoms with Crippen LogP contribution in [0.15, 0.2) is 30.3 Å². The van der Waals surface area contributed by atoms with Crippen LogP contribution in [0.4, 0.5) is 0 Å². The van der Waals surface area contributed by atoms with Crippen LogP contribution >= 0.6 is 0 Å². The van der Waals surface area contributed by atoms with E-state index >= 15 is 0 Å². The Morgan fingerprint density at radius 3 is 2.67 bits per heavy atom. The van der Waals surface area contributed by atoms with Gasteiger partial charge in [0.15, 0.2) is 0 Å². The summed E-state index contributed by atoms with van der Waals surface area (Å²) in [4.78, 5) is 0. The number of hydrogen-bond donors (Lipinski definition) is 1. The minimum absolute atomic E-state index is 0.0672. The average Bonchev–Trinajstić information content (AvgIpc) is 3.01. The van der Waals surface area contributed by atoms with Crippen LogP contribution in [0.1, 0.15) is 31.2 Å². The monoisotopic (exact) mass is 246 g/mol. The summed E-state index contributed by atoms with van der Waals surface area (Å²) in [6.45, 7) is 1.68. The van der Waals surface area contributed by atoms with Crippen molar-refractivity contribution in [3.63, 3.8) is 0 Å².